The summed E-state index contributed by atoms with van der Waals surface area (Å²) in [6.45, 7) is 11.9. The molecule has 0 saturated carbocycles. The van der Waals surface area contributed by atoms with Gasteiger partial charge in [-0.05, 0) is 39.5 Å². The molecule has 2 aliphatic carbocycles. The van der Waals surface area contributed by atoms with E-state index in [2.05, 4.69) is 63.5 Å². The molecule has 0 aromatic rings. The van der Waals surface area contributed by atoms with Crippen LogP contribution in [-0.4, -0.2) is 13.7 Å². The van der Waals surface area contributed by atoms with Crippen LogP contribution in [0.25, 0.3) is 0 Å². The smallest absolute Gasteiger partial charge is 0.0719 e. The van der Waals surface area contributed by atoms with Crippen LogP contribution in [-0.2, 0) is 10.8 Å². The first kappa shape index (κ1) is 17.0. The summed E-state index contributed by atoms with van der Waals surface area (Å²) in [4.78, 5) is 0. The molecule has 0 fully saturated rings. The lowest BCUT2D eigenvalue weighted by Crippen LogP contribution is -2.46. The molecule has 0 bridgehead atoms. The summed E-state index contributed by atoms with van der Waals surface area (Å²) in [5.74, 6) is 0. The molecule has 0 N–H and O–H groups in total. The maximum absolute atomic E-state index is 13.6. The van der Waals surface area contributed by atoms with E-state index in [0.717, 1.165) is 25.7 Å². The summed E-state index contributed by atoms with van der Waals surface area (Å²) in [5, 5.41) is 0. The first-order chi connectivity index (χ1) is 10.5. The normalized spacial score (nSPS) is 32.1. The average Bonchev–Trinajstić information content (AvgIpc) is 2.52. The van der Waals surface area contributed by atoms with E-state index < -0.39 is 10.8 Å². The van der Waals surface area contributed by atoms with E-state index in [1.165, 1.54) is 11.1 Å². The molecule has 2 aliphatic rings. The Bertz CT molecular complexity index is 553. The second-order valence-corrected chi connectivity index (χ2v) is 8.52. The van der Waals surface area contributed by atoms with Crippen LogP contribution in [0.1, 0.15) is 39.5 Å². The Balaban J connectivity index is 2.41. The molecule has 0 radical (unpaired) electrons. The summed E-state index contributed by atoms with van der Waals surface area (Å²) < 4.78 is 12.9. The summed E-state index contributed by atoms with van der Waals surface area (Å²) in [5.41, 5.74) is 2.48. The third-order valence-electron chi connectivity index (χ3n) is 4.56. The van der Waals surface area contributed by atoms with Crippen LogP contribution in [0.3, 0.4) is 0 Å². The van der Waals surface area contributed by atoms with E-state index >= 15 is 0 Å². The molecule has 22 heavy (non-hydrogen) atoms. The molecular weight excluding hydrogens is 288 g/mol. The van der Waals surface area contributed by atoms with Gasteiger partial charge in [-0.2, -0.15) is 0 Å². The Morgan fingerprint density at radius 3 is 1.68 bits per heavy atom. The van der Waals surface area contributed by atoms with Gasteiger partial charge in [0.2, 0.25) is 0 Å². The van der Waals surface area contributed by atoms with E-state index in [-0.39, 0.29) is 9.49 Å². The molecule has 0 aromatic heterocycles. The van der Waals surface area contributed by atoms with Crippen LogP contribution in [0.15, 0.2) is 72.9 Å². The van der Waals surface area contributed by atoms with Crippen LogP contribution in [0, 0.1) is 0 Å². The third kappa shape index (κ3) is 3.17. The van der Waals surface area contributed by atoms with Crippen LogP contribution in [0.4, 0.5) is 0 Å². The number of hydrogen-bond donors (Lipinski definition) is 0. The van der Waals surface area contributed by atoms with Gasteiger partial charge in [0, 0.05) is 10.8 Å². The highest BCUT2D eigenvalue weighted by Gasteiger charge is 2.45. The van der Waals surface area contributed by atoms with E-state index in [9.17, 15) is 4.21 Å². The molecule has 2 unspecified atom stereocenters. The van der Waals surface area contributed by atoms with Gasteiger partial charge >= 0.3 is 0 Å². The fraction of sp³-hybridized carbons (Fsp3) is 0.400. The molecule has 0 amide bonds. The molecular formula is C20H26OS. The fourth-order valence-corrected chi connectivity index (χ4v) is 5.33. The number of allylic oxidation sites excluding steroid dienone is 8. The fourth-order valence-electron chi connectivity index (χ4n) is 3.13. The van der Waals surface area contributed by atoms with Crippen molar-refractivity contribution in [3.8, 4) is 0 Å². The largest absolute Gasteiger partial charge is 0.258 e. The van der Waals surface area contributed by atoms with Crippen LogP contribution >= 0.6 is 0 Å². The highest BCUT2D eigenvalue weighted by Crippen LogP contribution is 2.42. The molecule has 0 aliphatic heterocycles. The second kappa shape index (κ2) is 6.78. The number of hydrogen-bond acceptors (Lipinski definition) is 1. The van der Waals surface area contributed by atoms with Crippen molar-refractivity contribution in [2.75, 3.05) is 0 Å². The SMILES string of the molecule is C=CCC1(S(=O)C2(CC=C)C=CC(C)=CC2)C=CC(C)=CC1. The van der Waals surface area contributed by atoms with Gasteiger partial charge in [0.15, 0.2) is 0 Å². The van der Waals surface area contributed by atoms with Gasteiger partial charge in [-0.3, -0.25) is 4.21 Å². The van der Waals surface area contributed by atoms with Gasteiger partial charge < -0.3 is 0 Å². The molecule has 118 valence electrons. The van der Waals surface area contributed by atoms with Crippen molar-refractivity contribution >= 4 is 10.8 Å². The predicted molar refractivity (Wildman–Crippen MR) is 98.3 cm³/mol. The van der Waals surface area contributed by atoms with Gasteiger partial charge in [-0.15, -0.1) is 13.2 Å². The zero-order valence-corrected chi connectivity index (χ0v) is 14.5. The van der Waals surface area contributed by atoms with Crippen molar-refractivity contribution in [3.05, 3.63) is 72.9 Å². The summed E-state index contributed by atoms with van der Waals surface area (Å²) >= 11 is 0. The summed E-state index contributed by atoms with van der Waals surface area (Å²) in [6.07, 6.45) is 19.7. The van der Waals surface area contributed by atoms with Gasteiger partial charge in [-0.1, -0.05) is 59.8 Å². The second-order valence-electron chi connectivity index (χ2n) is 6.36. The Labute approximate surface area is 137 Å². The Morgan fingerprint density at radius 1 is 1.00 bits per heavy atom. The van der Waals surface area contributed by atoms with E-state index in [4.69, 9.17) is 0 Å². The lowest BCUT2D eigenvalue weighted by Gasteiger charge is -2.40. The zero-order chi connectivity index (χ0) is 16.2. The van der Waals surface area contributed by atoms with Crippen molar-refractivity contribution in [3.63, 3.8) is 0 Å². The van der Waals surface area contributed by atoms with Gasteiger partial charge in [0.1, 0.15) is 0 Å². The maximum Gasteiger partial charge on any atom is 0.0719 e. The molecule has 0 saturated heterocycles. The lowest BCUT2D eigenvalue weighted by molar-refractivity contribution is 0.585. The van der Waals surface area contributed by atoms with Crippen LogP contribution < -0.4 is 0 Å². The quantitative estimate of drug-likeness (QED) is 0.618. The third-order valence-corrected chi connectivity index (χ3v) is 6.97. The minimum absolute atomic E-state index is 0.353. The topological polar surface area (TPSA) is 17.1 Å². The minimum Gasteiger partial charge on any atom is -0.258 e. The van der Waals surface area contributed by atoms with Gasteiger partial charge in [0.25, 0.3) is 0 Å². The van der Waals surface area contributed by atoms with Crippen molar-refractivity contribution in [1.29, 1.82) is 0 Å². The monoisotopic (exact) mass is 314 g/mol. The highest BCUT2D eigenvalue weighted by molar-refractivity contribution is 7.88. The van der Waals surface area contributed by atoms with Crippen LogP contribution in [0.2, 0.25) is 0 Å². The molecule has 2 heteroatoms. The van der Waals surface area contributed by atoms with Gasteiger partial charge in [-0.25, -0.2) is 0 Å². The molecule has 2 atom stereocenters. The van der Waals surface area contributed by atoms with Crippen molar-refractivity contribution in [2.45, 2.75) is 49.0 Å². The minimum atomic E-state index is -1.05. The summed E-state index contributed by atoms with van der Waals surface area (Å²) in [7, 11) is -1.05. The Kier molecular flexibility index (Phi) is 5.23. The van der Waals surface area contributed by atoms with E-state index in [0.29, 0.717) is 0 Å². The first-order valence-corrected chi connectivity index (χ1v) is 8.99. The number of rotatable bonds is 6. The predicted octanol–water partition coefficient (Wildman–Crippen LogP) is 5.18. The zero-order valence-electron chi connectivity index (χ0n) is 13.7. The standard InChI is InChI=1S/C20H26OS/c1-5-11-19(13-7-17(3)8-14-19)22(21)20(12-6-2)15-9-18(4)10-16-20/h5-10,13,15H,1-2,11-12,14,16H2,3-4H3. The average molecular weight is 314 g/mol. The molecule has 2 rings (SSSR count). The van der Waals surface area contributed by atoms with Crippen LogP contribution in [0.5, 0.6) is 0 Å². The molecule has 1 nitrogen and oxygen atoms in total. The Morgan fingerprint density at radius 2 is 1.41 bits per heavy atom. The van der Waals surface area contributed by atoms with E-state index in [1.807, 2.05) is 12.2 Å². The molecule has 0 spiro atoms. The van der Waals surface area contributed by atoms with E-state index in [1.54, 1.807) is 0 Å². The highest BCUT2D eigenvalue weighted by atomic mass is 32.2. The Hall–Kier alpha value is -1.41. The van der Waals surface area contributed by atoms with Gasteiger partial charge in [0.05, 0.1) is 9.49 Å². The van der Waals surface area contributed by atoms with Crippen molar-refractivity contribution in [2.24, 2.45) is 0 Å². The first-order valence-electron chi connectivity index (χ1n) is 7.84. The lowest BCUT2D eigenvalue weighted by atomic mass is 9.92. The molecule has 0 aromatic carbocycles. The summed E-state index contributed by atoms with van der Waals surface area (Å²) in [6, 6.07) is 0. The van der Waals surface area contributed by atoms with Crippen molar-refractivity contribution in [1.82, 2.24) is 0 Å². The molecule has 0 heterocycles. The maximum atomic E-state index is 13.6. The van der Waals surface area contributed by atoms with Crippen molar-refractivity contribution < 1.29 is 4.21 Å².